The monoisotopic (exact) mass is 294 g/mol. The normalized spacial score (nSPS) is 9.81. The lowest BCUT2D eigenvalue weighted by molar-refractivity contribution is -0.129. The van der Waals surface area contributed by atoms with Crippen molar-refractivity contribution in [1.82, 2.24) is 15.2 Å². The van der Waals surface area contributed by atoms with Crippen LogP contribution in [0.3, 0.4) is 0 Å². The molecule has 114 valence electrons. The lowest BCUT2D eigenvalue weighted by atomic mass is 10.3. The van der Waals surface area contributed by atoms with E-state index >= 15 is 0 Å². The van der Waals surface area contributed by atoms with Gasteiger partial charge in [-0.2, -0.15) is 0 Å². The number of carboxylic acids is 1. The summed E-state index contributed by atoms with van der Waals surface area (Å²) >= 11 is 0. The van der Waals surface area contributed by atoms with Crippen molar-refractivity contribution in [1.29, 1.82) is 0 Å². The number of carbonyl (C=O) groups is 3. The fraction of sp³-hybridized carbons (Fsp3) is 0.385. The van der Waals surface area contributed by atoms with Crippen LogP contribution in [-0.2, 0) is 4.79 Å². The lowest BCUT2D eigenvalue weighted by Crippen LogP contribution is -2.41. The lowest BCUT2D eigenvalue weighted by Gasteiger charge is -2.18. The highest BCUT2D eigenvalue weighted by Gasteiger charge is 2.11. The molecular weight excluding hydrogens is 276 g/mol. The van der Waals surface area contributed by atoms with Gasteiger partial charge < -0.3 is 20.6 Å². The molecule has 8 nitrogen and oxygen atoms in total. The molecule has 1 heterocycles. The number of aromatic carboxylic acids is 1. The van der Waals surface area contributed by atoms with Gasteiger partial charge in [-0.25, -0.2) is 14.6 Å². The quantitative estimate of drug-likeness (QED) is 0.717. The third-order valence-electron chi connectivity index (χ3n) is 2.76. The van der Waals surface area contributed by atoms with Crippen molar-refractivity contribution in [2.24, 2.45) is 0 Å². The van der Waals surface area contributed by atoms with Crippen LogP contribution in [0.5, 0.6) is 0 Å². The number of urea groups is 1. The predicted molar refractivity (Wildman–Crippen MR) is 76.1 cm³/mol. The van der Waals surface area contributed by atoms with Gasteiger partial charge in [-0.15, -0.1) is 0 Å². The predicted octanol–water partition coefficient (Wildman–Crippen LogP) is 0.770. The summed E-state index contributed by atoms with van der Waals surface area (Å²) in [5, 5.41) is 13.6. The standard InChI is InChI=1S/C13H18N4O4/c1-3-17(4-2)11(18)8-15-13(21)16-9-5-6-10(12(19)20)14-7-9/h5-7H,3-4,8H2,1-2H3,(H,19,20)(H2,15,16,21). The molecule has 0 atom stereocenters. The minimum Gasteiger partial charge on any atom is -0.477 e. The van der Waals surface area contributed by atoms with E-state index in [4.69, 9.17) is 5.11 Å². The van der Waals surface area contributed by atoms with Crippen LogP contribution in [0.15, 0.2) is 18.3 Å². The molecule has 0 saturated heterocycles. The molecule has 0 saturated carbocycles. The maximum atomic E-state index is 11.7. The molecule has 21 heavy (non-hydrogen) atoms. The van der Waals surface area contributed by atoms with Gasteiger partial charge in [0.05, 0.1) is 18.4 Å². The number of hydrogen-bond acceptors (Lipinski definition) is 4. The van der Waals surface area contributed by atoms with Crippen molar-refractivity contribution in [2.45, 2.75) is 13.8 Å². The van der Waals surface area contributed by atoms with Gasteiger partial charge in [-0.3, -0.25) is 4.79 Å². The number of carbonyl (C=O) groups excluding carboxylic acids is 2. The highest BCUT2D eigenvalue weighted by molar-refractivity contribution is 5.92. The molecule has 0 bridgehead atoms. The maximum absolute atomic E-state index is 11.7. The molecule has 0 aliphatic carbocycles. The van der Waals surface area contributed by atoms with Crippen LogP contribution in [0.1, 0.15) is 24.3 Å². The number of nitrogens with zero attached hydrogens (tertiary/aromatic N) is 2. The summed E-state index contributed by atoms with van der Waals surface area (Å²) in [7, 11) is 0. The topological polar surface area (TPSA) is 112 Å². The Bertz CT molecular complexity index is 511. The smallest absolute Gasteiger partial charge is 0.354 e. The summed E-state index contributed by atoms with van der Waals surface area (Å²) in [6.45, 7) is 4.78. The number of nitrogens with one attached hydrogen (secondary N) is 2. The molecule has 0 aromatic carbocycles. The van der Waals surface area contributed by atoms with E-state index in [-0.39, 0.29) is 18.1 Å². The average Bonchev–Trinajstić information content (AvgIpc) is 2.47. The molecule has 1 aromatic rings. The van der Waals surface area contributed by atoms with Crippen LogP contribution < -0.4 is 10.6 Å². The first-order valence-electron chi connectivity index (χ1n) is 6.49. The molecule has 3 N–H and O–H groups in total. The Balaban J connectivity index is 2.47. The van der Waals surface area contributed by atoms with Crippen LogP contribution in [0, 0.1) is 0 Å². The van der Waals surface area contributed by atoms with Gasteiger partial charge in [-0.1, -0.05) is 0 Å². The molecule has 1 rings (SSSR count). The second-order valence-corrected chi connectivity index (χ2v) is 4.11. The molecular formula is C13H18N4O4. The number of carboxylic acid groups (broad SMARTS) is 1. The van der Waals surface area contributed by atoms with Gasteiger partial charge in [0.1, 0.15) is 5.69 Å². The second-order valence-electron chi connectivity index (χ2n) is 4.11. The van der Waals surface area contributed by atoms with E-state index in [1.807, 2.05) is 13.8 Å². The van der Waals surface area contributed by atoms with E-state index in [1.54, 1.807) is 4.90 Å². The van der Waals surface area contributed by atoms with Crippen molar-refractivity contribution < 1.29 is 19.5 Å². The number of amides is 3. The summed E-state index contributed by atoms with van der Waals surface area (Å²) in [5.41, 5.74) is 0.227. The van der Waals surface area contributed by atoms with E-state index in [2.05, 4.69) is 15.6 Å². The summed E-state index contributed by atoms with van der Waals surface area (Å²) < 4.78 is 0. The third kappa shape index (κ3) is 5.09. The molecule has 0 aliphatic heterocycles. The average molecular weight is 294 g/mol. The Hall–Kier alpha value is -2.64. The molecule has 1 aromatic heterocycles. The van der Waals surface area contributed by atoms with E-state index in [9.17, 15) is 14.4 Å². The van der Waals surface area contributed by atoms with E-state index in [0.29, 0.717) is 18.8 Å². The van der Waals surface area contributed by atoms with Crippen LogP contribution in [0.25, 0.3) is 0 Å². The molecule has 0 spiro atoms. The summed E-state index contributed by atoms with van der Waals surface area (Å²) in [4.78, 5) is 39.2. The Morgan fingerprint density at radius 3 is 2.38 bits per heavy atom. The highest BCUT2D eigenvalue weighted by Crippen LogP contribution is 2.05. The zero-order valence-electron chi connectivity index (χ0n) is 11.9. The Morgan fingerprint density at radius 2 is 1.90 bits per heavy atom. The molecule has 0 aliphatic rings. The largest absolute Gasteiger partial charge is 0.477 e. The van der Waals surface area contributed by atoms with Crippen LogP contribution in [0.4, 0.5) is 10.5 Å². The van der Waals surface area contributed by atoms with Crippen molar-refractivity contribution in [3.05, 3.63) is 24.0 Å². The van der Waals surface area contributed by atoms with Gasteiger partial charge in [0, 0.05) is 13.1 Å². The molecule has 0 unspecified atom stereocenters. The second kappa shape index (κ2) is 7.83. The SMILES string of the molecule is CCN(CC)C(=O)CNC(=O)Nc1ccc(C(=O)O)nc1. The van der Waals surface area contributed by atoms with Gasteiger partial charge in [-0.05, 0) is 26.0 Å². The highest BCUT2D eigenvalue weighted by atomic mass is 16.4. The Labute approximate surface area is 122 Å². The van der Waals surface area contributed by atoms with Gasteiger partial charge in [0.2, 0.25) is 5.91 Å². The molecule has 0 radical (unpaired) electrons. The number of aromatic nitrogens is 1. The first kappa shape index (κ1) is 16.4. The zero-order valence-corrected chi connectivity index (χ0v) is 11.9. The van der Waals surface area contributed by atoms with Gasteiger partial charge >= 0.3 is 12.0 Å². The van der Waals surface area contributed by atoms with Crippen molar-refractivity contribution in [3.8, 4) is 0 Å². The number of likely N-dealkylation sites (N-methyl/N-ethyl adjacent to an activating group) is 1. The maximum Gasteiger partial charge on any atom is 0.354 e. The fourth-order valence-corrected chi connectivity index (χ4v) is 1.61. The zero-order chi connectivity index (χ0) is 15.8. The fourth-order valence-electron chi connectivity index (χ4n) is 1.61. The first-order valence-corrected chi connectivity index (χ1v) is 6.49. The summed E-state index contributed by atoms with van der Waals surface area (Å²) in [5.74, 6) is -1.31. The van der Waals surface area contributed by atoms with E-state index in [1.165, 1.54) is 18.3 Å². The summed E-state index contributed by atoms with van der Waals surface area (Å²) in [6.07, 6.45) is 1.23. The van der Waals surface area contributed by atoms with E-state index < -0.39 is 12.0 Å². The minimum absolute atomic E-state index is 0.103. The number of anilines is 1. The van der Waals surface area contributed by atoms with Crippen molar-refractivity contribution >= 4 is 23.6 Å². The van der Waals surface area contributed by atoms with Gasteiger partial charge in [0.25, 0.3) is 0 Å². The molecule has 8 heteroatoms. The Kier molecular flexibility index (Phi) is 6.12. The number of hydrogen-bond donors (Lipinski definition) is 3. The molecule has 3 amide bonds. The minimum atomic E-state index is -1.14. The number of pyridine rings is 1. The van der Waals surface area contributed by atoms with Crippen molar-refractivity contribution in [3.63, 3.8) is 0 Å². The van der Waals surface area contributed by atoms with E-state index in [0.717, 1.165) is 0 Å². The van der Waals surface area contributed by atoms with Crippen LogP contribution in [-0.4, -0.2) is 52.5 Å². The van der Waals surface area contributed by atoms with Crippen LogP contribution >= 0.6 is 0 Å². The molecule has 0 fully saturated rings. The van der Waals surface area contributed by atoms with Crippen LogP contribution in [0.2, 0.25) is 0 Å². The Morgan fingerprint density at radius 1 is 1.24 bits per heavy atom. The first-order chi connectivity index (χ1) is 9.97. The number of rotatable bonds is 6. The summed E-state index contributed by atoms with van der Waals surface area (Å²) in [6, 6.07) is 2.14. The van der Waals surface area contributed by atoms with Gasteiger partial charge in [0.15, 0.2) is 0 Å². The third-order valence-corrected chi connectivity index (χ3v) is 2.76. The van der Waals surface area contributed by atoms with Crippen molar-refractivity contribution in [2.75, 3.05) is 25.0 Å².